The average molecular weight is 887 g/mol. The van der Waals surface area contributed by atoms with Gasteiger partial charge in [-0.1, -0.05) is 91.1 Å². The van der Waals surface area contributed by atoms with Crippen molar-refractivity contribution in [1.82, 2.24) is 4.98 Å². The molecule has 4 aliphatic rings. The van der Waals surface area contributed by atoms with Crippen LogP contribution in [-0.2, 0) is 32.2 Å². The minimum absolute atomic E-state index is 1.13. The zero-order chi connectivity index (χ0) is 39.1. The van der Waals surface area contributed by atoms with E-state index in [4.69, 9.17) is 0 Å². The number of unbranched alkanes of at least 4 members (excludes halogenated alkanes) is 8. The van der Waals surface area contributed by atoms with Gasteiger partial charge in [-0.2, -0.15) is 0 Å². The maximum atomic E-state index is 4.32. The average Bonchev–Trinajstić information content (AvgIpc) is 3.25. The van der Waals surface area contributed by atoms with Gasteiger partial charge in [-0.25, -0.2) is 4.57 Å². The molecule has 0 bridgehead atoms. The van der Waals surface area contributed by atoms with Crippen LogP contribution in [0.2, 0.25) is 0 Å². The van der Waals surface area contributed by atoms with E-state index in [0.29, 0.717) is 0 Å². The Balaban J connectivity index is 0.000000237. The fourth-order valence-electron chi connectivity index (χ4n) is 7.91. The lowest BCUT2D eigenvalue weighted by molar-refractivity contribution is -0.705. The van der Waals surface area contributed by atoms with Crippen LogP contribution in [0.15, 0.2) is 103 Å². The molecule has 2 aromatic heterocycles. The zero-order valence-corrected chi connectivity index (χ0v) is 37.8. The number of aromatic nitrogens is 2. The number of halogens is 2. The molecule has 1 fully saturated rings. The van der Waals surface area contributed by atoms with Gasteiger partial charge in [-0.05, 0) is 140 Å². The molecule has 0 radical (unpaired) electrons. The van der Waals surface area contributed by atoms with E-state index in [1.807, 2.05) is 12.3 Å². The van der Waals surface area contributed by atoms with E-state index in [1.165, 1.54) is 177 Å². The molecule has 2 aromatic rings. The Labute approximate surface area is 359 Å². The highest BCUT2D eigenvalue weighted by atomic mass is 79.9. The Morgan fingerprint density at radius 3 is 1.84 bits per heavy atom. The lowest BCUT2D eigenvalue weighted by Crippen LogP contribution is -2.40. The Morgan fingerprint density at radius 1 is 0.589 bits per heavy atom. The molecule has 0 amide bonds. The van der Waals surface area contributed by atoms with Crippen LogP contribution in [0.4, 0.5) is 0 Å². The number of nitrogens with zero attached hydrogens (tertiary/aromatic N) is 3. The van der Waals surface area contributed by atoms with Crippen LogP contribution in [0.3, 0.4) is 0 Å². The number of fused-ring (bicyclic) bond motifs is 3. The SMILES string of the molecule is BrCCCC/C=C\C=C/CCCCBr.[C+]1=C2CCCCC2=[N+](CCCC/C=C\C=C/CCCC[n+]2cccc3c2CCCC3)C=C1.c1cnc2c(c1)CCCC2. The van der Waals surface area contributed by atoms with Crippen molar-refractivity contribution in [2.75, 3.05) is 17.2 Å². The molecular formula is C51H72Br2N3+3. The maximum absolute atomic E-state index is 4.32. The predicted octanol–water partition coefficient (Wildman–Crippen LogP) is 13.8. The van der Waals surface area contributed by atoms with Crippen LogP contribution in [0.25, 0.3) is 0 Å². The van der Waals surface area contributed by atoms with Crippen molar-refractivity contribution < 1.29 is 9.14 Å². The summed E-state index contributed by atoms with van der Waals surface area (Å²) >= 11 is 6.85. The molecule has 56 heavy (non-hydrogen) atoms. The van der Waals surface area contributed by atoms with Crippen molar-refractivity contribution >= 4 is 37.6 Å². The number of hydrogen-bond donors (Lipinski definition) is 0. The highest BCUT2D eigenvalue weighted by Gasteiger charge is 2.32. The number of hydrogen-bond acceptors (Lipinski definition) is 1. The lowest BCUT2D eigenvalue weighted by atomic mass is 9.91. The third-order valence-corrected chi connectivity index (χ3v) is 12.2. The molecule has 302 valence electrons. The normalized spacial score (nSPS) is 16.2. The van der Waals surface area contributed by atoms with Gasteiger partial charge in [0.2, 0.25) is 0 Å². The van der Waals surface area contributed by atoms with E-state index in [0.717, 1.165) is 17.2 Å². The van der Waals surface area contributed by atoms with Crippen molar-refractivity contribution in [3.05, 3.63) is 132 Å². The summed E-state index contributed by atoms with van der Waals surface area (Å²) < 4.78 is 5.00. The minimum Gasteiger partial charge on any atom is -0.261 e. The van der Waals surface area contributed by atoms with Gasteiger partial charge in [0.05, 0.1) is 12.5 Å². The fraction of sp³-hybridized carbons (Fsp3) is 0.549. The molecule has 1 saturated carbocycles. The van der Waals surface area contributed by atoms with Crippen molar-refractivity contribution in [2.45, 2.75) is 161 Å². The molecule has 0 unspecified atom stereocenters. The maximum Gasteiger partial charge on any atom is 0.291 e. The fourth-order valence-corrected chi connectivity index (χ4v) is 8.70. The van der Waals surface area contributed by atoms with E-state index in [1.54, 1.807) is 17.0 Å². The number of alkyl halides is 2. The Kier molecular flexibility index (Phi) is 24.9. The van der Waals surface area contributed by atoms with Crippen molar-refractivity contribution in [2.24, 2.45) is 0 Å². The summed E-state index contributed by atoms with van der Waals surface area (Å²) in [6.45, 7) is 2.33. The third kappa shape index (κ3) is 18.7. The summed E-state index contributed by atoms with van der Waals surface area (Å²) in [5.41, 5.74) is 8.99. The molecule has 0 spiro atoms. The third-order valence-electron chi connectivity index (χ3n) is 11.1. The molecular weight excluding hydrogens is 814 g/mol. The minimum atomic E-state index is 1.13. The van der Waals surface area contributed by atoms with Crippen LogP contribution in [0.5, 0.6) is 0 Å². The first-order valence-corrected chi connectivity index (χ1v) is 24.6. The summed E-state index contributed by atoms with van der Waals surface area (Å²) in [4.78, 5) is 4.32. The lowest BCUT2D eigenvalue weighted by Gasteiger charge is -2.13. The zero-order valence-electron chi connectivity index (χ0n) is 34.6. The largest absolute Gasteiger partial charge is 0.291 e. The Morgan fingerprint density at radius 2 is 1.16 bits per heavy atom. The molecule has 3 nitrogen and oxygen atoms in total. The quantitative estimate of drug-likeness (QED) is 0.0426. The number of allylic oxidation sites excluding steroid dienone is 11. The summed E-state index contributed by atoms with van der Waals surface area (Å²) in [5.74, 6) is 0. The predicted molar refractivity (Wildman–Crippen MR) is 248 cm³/mol. The van der Waals surface area contributed by atoms with Gasteiger partial charge in [-0.3, -0.25) is 4.98 Å². The molecule has 0 N–H and O–H groups in total. The van der Waals surface area contributed by atoms with Crippen molar-refractivity contribution in [1.29, 1.82) is 0 Å². The smallest absolute Gasteiger partial charge is 0.261 e. The van der Waals surface area contributed by atoms with Crippen molar-refractivity contribution in [3.63, 3.8) is 0 Å². The first-order chi connectivity index (χ1) is 27.8. The van der Waals surface area contributed by atoms with Gasteiger partial charge in [-0.15, -0.1) is 0 Å². The van der Waals surface area contributed by atoms with Gasteiger partial charge in [0.25, 0.3) is 11.9 Å². The number of pyridine rings is 2. The summed E-state index contributed by atoms with van der Waals surface area (Å²) in [6.07, 6.45) is 60.5. The van der Waals surface area contributed by atoms with Gasteiger partial charge < -0.3 is 0 Å². The molecule has 0 aromatic carbocycles. The van der Waals surface area contributed by atoms with Gasteiger partial charge in [0.15, 0.2) is 30.1 Å². The summed E-state index contributed by atoms with van der Waals surface area (Å²) in [5, 5.41) is 2.26. The molecule has 0 saturated heterocycles. The highest BCUT2D eigenvalue weighted by molar-refractivity contribution is 9.09. The topological polar surface area (TPSA) is 19.8 Å². The molecule has 3 heterocycles. The second kappa shape index (κ2) is 30.4. The van der Waals surface area contributed by atoms with E-state index in [2.05, 4.69) is 137 Å². The molecule has 3 aliphatic carbocycles. The van der Waals surface area contributed by atoms with E-state index >= 15 is 0 Å². The standard InChI is InChI=1S/C30H41N2.C12H20Br2.C9H11N/c1(3-5-7-13-23-31-25-15-19-27-17-9-11-21-29(27)31)2-4-6-8-14-24-32-26-16-20-28-18-10-12-22-30(28)32;13-11-9-7-5-3-1-2-4-6-8-10-12-14;1-2-6-9-8(4-1)5-3-7-10-9/h1-4,15-16,19,25-26H,5-14,17-18,21-24H2;1-4H,5-12H2;3,5,7H,1-2,4,6H2/q+3;;/b2*3-1-,4-2-;. The molecule has 0 atom stereocenters. The van der Waals surface area contributed by atoms with Gasteiger partial charge in [0, 0.05) is 59.9 Å². The van der Waals surface area contributed by atoms with E-state index < -0.39 is 0 Å². The Bertz CT molecular complexity index is 1550. The Hall–Kier alpha value is -2.72. The number of aryl methyl sites for hydroxylation is 4. The van der Waals surface area contributed by atoms with Crippen molar-refractivity contribution in [3.8, 4) is 0 Å². The highest BCUT2D eigenvalue weighted by Crippen LogP contribution is 2.23. The molecule has 6 rings (SSSR count). The number of rotatable bonds is 20. The molecule has 5 heteroatoms. The van der Waals surface area contributed by atoms with Crippen LogP contribution >= 0.6 is 31.9 Å². The molecule has 1 aliphatic heterocycles. The summed E-state index contributed by atoms with van der Waals surface area (Å²) in [7, 11) is 0. The monoisotopic (exact) mass is 884 g/mol. The summed E-state index contributed by atoms with van der Waals surface area (Å²) in [6, 6.07) is 8.79. The second-order valence-corrected chi connectivity index (χ2v) is 17.1. The van der Waals surface area contributed by atoms with Gasteiger partial charge >= 0.3 is 0 Å². The van der Waals surface area contributed by atoms with Crippen LogP contribution in [0.1, 0.15) is 151 Å². The van der Waals surface area contributed by atoms with E-state index in [9.17, 15) is 0 Å². The van der Waals surface area contributed by atoms with E-state index in [-0.39, 0.29) is 0 Å². The second-order valence-electron chi connectivity index (χ2n) is 15.6. The van der Waals surface area contributed by atoms with Crippen LogP contribution < -0.4 is 4.57 Å². The van der Waals surface area contributed by atoms with Crippen LogP contribution in [-0.4, -0.2) is 32.5 Å². The first-order valence-electron chi connectivity index (χ1n) is 22.4. The van der Waals surface area contributed by atoms with Crippen LogP contribution in [0, 0.1) is 6.08 Å². The first kappa shape index (κ1) is 46.0. The van der Waals surface area contributed by atoms with Gasteiger partial charge in [0.1, 0.15) is 6.54 Å².